The summed E-state index contributed by atoms with van der Waals surface area (Å²) in [5.74, 6) is 0.324. The van der Waals surface area contributed by atoms with E-state index in [1.807, 2.05) is 6.92 Å². The summed E-state index contributed by atoms with van der Waals surface area (Å²) in [5.41, 5.74) is 2.39. The van der Waals surface area contributed by atoms with Crippen LogP contribution in [0.15, 0.2) is 42.5 Å². The smallest absolute Gasteiger partial charge is 0.323 e. The van der Waals surface area contributed by atoms with Gasteiger partial charge in [-0.2, -0.15) is 0 Å². The number of urea groups is 1. The number of imidazole rings is 1. The van der Waals surface area contributed by atoms with Crippen LogP contribution in [0.2, 0.25) is 0 Å². The number of nitrogens with one attached hydrogen (secondary N) is 3. The standard InChI is InChI=1S/C15H13FN4O/c1-9-17-13-7-6-10(8-14(13)18-9)19-15(21)20-12-5-3-2-4-11(12)16/h2-8H,1H3,(H,17,18)(H2,19,20,21). The summed E-state index contributed by atoms with van der Waals surface area (Å²) in [6.45, 7) is 1.86. The molecule has 0 unspecified atom stereocenters. The highest BCUT2D eigenvalue weighted by molar-refractivity contribution is 6.00. The summed E-state index contributed by atoms with van der Waals surface area (Å²) < 4.78 is 13.4. The zero-order chi connectivity index (χ0) is 14.8. The van der Waals surface area contributed by atoms with Crippen molar-refractivity contribution in [2.75, 3.05) is 10.6 Å². The quantitative estimate of drug-likeness (QED) is 0.672. The van der Waals surface area contributed by atoms with E-state index in [9.17, 15) is 9.18 Å². The first-order valence-electron chi connectivity index (χ1n) is 6.41. The number of aromatic amines is 1. The molecule has 21 heavy (non-hydrogen) atoms. The first-order valence-corrected chi connectivity index (χ1v) is 6.41. The lowest BCUT2D eigenvalue weighted by molar-refractivity contribution is 0.262. The molecular formula is C15H13FN4O. The fourth-order valence-electron chi connectivity index (χ4n) is 2.06. The SMILES string of the molecule is Cc1nc2ccc(NC(=O)Nc3ccccc3F)cc2[nH]1. The Bertz CT molecular complexity index is 812. The summed E-state index contributed by atoms with van der Waals surface area (Å²) in [5, 5.41) is 5.12. The van der Waals surface area contributed by atoms with E-state index in [1.165, 1.54) is 12.1 Å². The lowest BCUT2D eigenvalue weighted by Crippen LogP contribution is -2.20. The molecule has 3 aromatic rings. The number of amides is 2. The first-order chi connectivity index (χ1) is 10.1. The van der Waals surface area contributed by atoms with E-state index in [4.69, 9.17) is 0 Å². The third-order valence-electron chi connectivity index (χ3n) is 2.98. The van der Waals surface area contributed by atoms with Gasteiger partial charge in [0.25, 0.3) is 0 Å². The highest BCUT2D eigenvalue weighted by Gasteiger charge is 2.07. The number of hydrogen-bond acceptors (Lipinski definition) is 2. The van der Waals surface area contributed by atoms with Crippen LogP contribution in [0.4, 0.5) is 20.6 Å². The normalized spacial score (nSPS) is 10.6. The van der Waals surface area contributed by atoms with Gasteiger partial charge in [-0.1, -0.05) is 12.1 Å². The van der Waals surface area contributed by atoms with E-state index in [0.717, 1.165) is 16.9 Å². The second-order valence-corrected chi connectivity index (χ2v) is 4.61. The summed E-state index contributed by atoms with van der Waals surface area (Å²) >= 11 is 0. The third-order valence-corrected chi connectivity index (χ3v) is 2.98. The average Bonchev–Trinajstić information content (AvgIpc) is 2.80. The van der Waals surface area contributed by atoms with Crippen LogP contribution in [0.5, 0.6) is 0 Å². The third kappa shape index (κ3) is 2.84. The Morgan fingerprint density at radius 2 is 2.00 bits per heavy atom. The number of carbonyl (C=O) groups excluding carboxylic acids is 1. The van der Waals surface area contributed by atoms with Crippen LogP contribution in [0, 0.1) is 12.7 Å². The maximum atomic E-state index is 13.4. The molecular weight excluding hydrogens is 271 g/mol. The van der Waals surface area contributed by atoms with Crippen molar-refractivity contribution in [1.82, 2.24) is 9.97 Å². The molecule has 3 N–H and O–H groups in total. The Balaban J connectivity index is 1.75. The van der Waals surface area contributed by atoms with Crippen molar-refractivity contribution in [3.8, 4) is 0 Å². The van der Waals surface area contributed by atoms with Crippen molar-refractivity contribution < 1.29 is 9.18 Å². The van der Waals surface area contributed by atoms with E-state index < -0.39 is 11.8 Å². The van der Waals surface area contributed by atoms with Gasteiger partial charge in [0.1, 0.15) is 11.6 Å². The molecule has 0 atom stereocenters. The summed E-state index contributed by atoms with van der Waals surface area (Å²) in [7, 11) is 0. The molecule has 106 valence electrons. The molecule has 5 nitrogen and oxygen atoms in total. The Kier molecular flexibility index (Phi) is 3.27. The first kappa shape index (κ1) is 13.1. The van der Waals surface area contributed by atoms with Crippen LogP contribution in [0.25, 0.3) is 11.0 Å². The zero-order valence-corrected chi connectivity index (χ0v) is 11.3. The van der Waals surface area contributed by atoms with Gasteiger partial charge >= 0.3 is 6.03 Å². The Morgan fingerprint density at radius 3 is 2.81 bits per heavy atom. The number of nitrogens with zero attached hydrogens (tertiary/aromatic N) is 1. The van der Waals surface area contributed by atoms with Gasteiger partial charge in [-0.3, -0.25) is 0 Å². The molecule has 0 spiro atoms. The highest BCUT2D eigenvalue weighted by Crippen LogP contribution is 2.18. The number of rotatable bonds is 2. The molecule has 0 radical (unpaired) electrons. The van der Waals surface area contributed by atoms with Crippen LogP contribution < -0.4 is 10.6 Å². The lowest BCUT2D eigenvalue weighted by atomic mass is 10.3. The molecule has 6 heteroatoms. The van der Waals surface area contributed by atoms with Crippen molar-refractivity contribution >= 4 is 28.4 Å². The number of benzene rings is 2. The van der Waals surface area contributed by atoms with E-state index in [-0.39, 0.29) is 5.69 Å². The summed E-state index contributed by atoms with van der Waals surface area (Å²) in [4.78, 5) is 19.2. The number of hydrogen-bond donors (Lipinski definition) is 3. The van der Waals surface area contributed by atoms with Gasteiger partial charge in [-0.05, 0) is 37.3 Å². The number of aryl methyl sites for hydroxylation is 1. The van der Waals surface area contributed by atoms with Crippen LogP contribution in [0.3, 0.4) is 0 Å². The second kappa shape index (κ2) is 5.24. The number of aromatic nitrogens is 2. The minimum atomic E-state index is -0.504. The summed E-state index contributed by atoms with van der Waals surface area (Å²) in [6.07, 6.45) is 0. The van der Waals surface area contributed by atoms with Crippen LogP contribution in [-0.2, 0) is 0 Å². The number of carbonyl (C=O) groups is 1. The minimum Gasteiger partial charge on any atom is -0.342 e. The fourth-order valence-corrected chi connectivity index (χ4v) is 2.06. The molecule has 2 amide bonds. The Morgan fingerprint density at radius 1 is 1.19 bits per heavy atom. The number of fused-ring (bicyclic) bond motifs is 1. The molecule has 2 aromatic carbocycles. The average molecular weight is 284 g/mol. The second-order valence-electron chi connectivity index (χ2n) is 4.61. The van der Waals surface area contributed by atoms with Gasteiger partial charge < -0.3 is 15.6 Å². The molecule has 0 bridgehead atoms. The predicted octanol–water partition coefficient (Wildman–Crippen LogP) is 3.65. The predicted molar refractivity (Wildman–Crippen MR) is 79.9 cm³/mol. The molecule has 0 aliphatic heterocycles. The number of halogens is 1. The molecule has 0 aliphatic rings. The van der Waals surface area contributed by atoms with Crippen molar-refractivity contribution in [2.24, 2.45) is 0 Å². The van der Waals surface area contributed by atoms with Crippen molar-refractivity contribution in [2.45, 2.75) is 6.92 Å². The van der Waals surface area contributed by atoms with E-state index in [2.05, 4.69) is 20.6 Å². The minimum absolute atomic E-state index is 0.133. The van der Waals surface area contributed by atoms with Crippen molar-refractivity contribution in [3.05, 3.63) is 54.1 Å². The van der Waals surface area contributed by atoms with E-state index in [0.29, 0.717) is 5.69 Å². The number of anilines is 2. The zero-order valence-electron chi connectivity index (χ0n) is 11.3. The van der Waals surface area contributed by atoms with Gasteiger partial charge in [-0.25, -0.2) is 14.2 Å². The maximum absolute atomic E-state index is 13.4. The van der Waals surface area contributed by atoms with Gasteiger partial charge in [0.15, 0.2) is 0 Å². The Hall–Kier alpha value is -2.89. The molecule has 1 aromatic heterocycles. The Labute approximate surface area is 120 Å². The topological polar surface area (TPSA) is 69.8 Å². The van der Waals surface area contributed by atoms with Gasteiger partial charge in [0.05, 0.1) is 16.7 Å². The molecule has 1 heterocycles. The van der Waals surface area contributed by atoms with E-state index >= 15 is 0 Å². The lowest BCUT2D eigenvalue weighted by Gasteiger charge is -2.08. The molecule has 0 saturated heterocycles. The van der Waals surface area contributed by atoms with Gasteiger partial charge in [0, 0.05) is 5.69 Å². The maximum Gasteiger partial charge on any atom is 0.323 e. The van der Waals surface area contributed by atoms with Crippen molar-refractivity contribution in [3.63, 3.8) is 0 Å². The van der Waals surface area contributed by atoms with Crippen LogP contribution in [-0.4, -0.2) is 16.0 Å². The summed E-state index contributed by atoms with van der Waals surface area (Å²) in [6, 6.07) is 10.8. The van der Waals surface area contributed by atoms with Crippen molar-refractivity contribution in [1.29, 1.82) is 0 Å². The number of H-pyrrole nitrogens is 1. The van der Waals surface area contributed by atoms with Crippen LogP contribution >= 0.6 is 0 Å². The highest BCUT2D eigenvalue weighted by atomic mass is 19.1. The molecule has 0 fully saturated rings. The largest absolute Gasteiger partial charge is 0.342 e. The van der Waals surface area contributed by atoms with Gasteiger partial charge in [-0.15, -0.1) is 0 Å². The number of para-hydroxylation sites is 1. The molecule has 0 aliphatic carbocycles. The van der Waals surface area contributed by atoms with Crippen LogP contribution in [0.1, 0.15) is 5.82 Å². The fraction of sp³-hybridized carbons (Fsp3) is 0.0667. The monoisotopic (exact) mass is 284 g/mol. The van der Waals surface area contributed by atoms with Gasteiger partial charge in [0.2, 0.25) is 0 Å². The molecule has 3 rings (SSSR count). The molecule has 0 saturated carbocycles. The van der Waals surface area contributed by atoms with E-state index in [1.54, 1.807) is 30.3 Å².